The molecule has 0 bridgehead atoms. The Bertz CT molecular complexity index is 1440. The number of ether oxygens (including phenoxy) is 2. The van der Waals surface area contributed by atoms with Gasteiger partial charge in [0.15, 0.2) is 5.78 Å². The second-order valence-corrected chi connectivity index (χ2v) is 18.2. The molecule has 1 aliphatic heterocycles. The fraction of sp³-hybridized carbons (Fsp3) is 0.756. The van der Waals surface area contributed by atoms with E-state index in [1.165, 1.54) is 0 Å². The molecule has 0 spiro atoms. The van der Waals surface area contributed by atoms with Crippen LogP contribution in [0.25, 0.3) is 0 Å². The molecule has 1 heterocycles. The Hall–Kier alpha value is -3.19. The van der Waals surface area contributed by atoms with E-state index >= 15 is 0 Å². The van der Waals surface area contributed by atoms with Gasteiger partial charge in [-0.05, 0) is 78.5 Å². The number of carbonyl (C=O) groups excluding carboxylic acids is 5. The number of likely N-dealkylation sites (N-methyl/N-ethyl adjacent to an activating group) is 2. The van der Waals surface area contributed by atoms with Gasteiger partial charge in [-0.15, -0.1) is 0 Å². The summed E-state index contributed by atoms with van der Waals surface area (Å²) in [6, 6.07) is 7.97. The van der Waals surface area contributed by atoms with Gasteiger partial charge in [0, 0.05) is 64.1 Å². The quantitative estimate of drug-likeness (QED) is 0.153. The Morgan fingerprint density at radius 3 is 2.02 bits per heavy atom. The summed E-state index contributed by atoms with van der Waals surface area (Å²) >= 11 is 0. The third-order valence-corrected chi connectivity index (χ3v) is 11.9. The van der Waals surface area contributed by atoms with Crippen LogP contribution in [0.1, 0.15) is 106 Å². The predicted octanol–water partition coefficient (Wildman–Crippen LogP) is 5.15. The van der Waals surface area contributed by atoms with E-state index in [1.54, 1.807) is 33.1 Å². The Morgan fingerprint density at radius 1 is 0.912 bits per heavy atom. The lowest BCUT2D eigenvalue weighted by Crippen LogP contribution is -2.55. The van der Waals surface area contributed by atoms with Gasteiger partial charge in [-0.2, -0.15) is 0 Å². The lowest BCUT2D eigenvalue weighted by atomic mass is 9.84. The van der Waals surface area contributed by atoms with E-state index in [-0.39, 0.29) is 72.5 Å². The maximum atomic E-state index is 14.3. The van der Waals surface area contributed by atoms with Crippen molar-refractivity contribution in [3.05, 3.63) is 35.9 Å². The molecule has 1 fully saturated rings. The second kappa shape index (κ2) is 22.8. The number of carbonyl (C=O) groups is 5. The second-order valence-electron chi connectivity index (χ2n) is 18.2. The molecule has 1 saturated heterocycles. The smallest absolute Gasteiger partial charge is 0.227 e. The zero-order chi connectivity index (χ0) is 43.4. The maximum Gasteiger partial charge on any atom is 0.227 e. The summed E-state index contributed by atoms with van der Waals surface area (Å²) in [4.78, 5) is 75.0. The fourth-order valence-electron chi connectivity index (χ4n) is 8.75. The highest BCUT2D eigenvalue weighted by atomic mass is 16.5. The summed E-state index contributed by atoms with van der Waals surface area (Å²) < 4.78 is 12.1. The Labute approximate surface area is 344 Å². The number of hydrogen-bond donors (Lipinski definition) is 2. The van der Waals surface area contributed by atoms with E-state index in [0.29, 0.717) is 19.4 Å². The number of benzene rings is 1. The molecule has 10 atom stereocenters. The van der Waals surface area contributed by atoms with Crippen molar-refractivity contribution in [2.24, 2.45) is 35.3 Å². The standard InChI is InChI=1S/C45H77N5O7/c1-15-29(4)41(49(12)44(55)34(31(6)46)26-37(52)40(28(2)3)48(10)11)38(56-13)27-39(53)50-23-19-22-35(50)42(57-14)30(5)36(51)25-33(43(54)47-45(7,8)9)24-32-20-17-16-18-21-32/h16-18,20-21,28-31,33-35,38,40-42H,15,19,22-27,46H2,1-14H3,(H,47,54)/t29-,30-,31-,33+,34-,35-,38+,40-,41-,42+/m0/s1. The number of amides is 3. The van der Waals surface area contributed by atoms with Crippen LogP contribution in [0.4, 0.5) is 0 Å². The van der Waals surface area contributed by atoms with Gasteiger partial charge in [-0.25, -0.2) is 0 Å². The van der Waals surface area contributed by atoms with Gasteiger partial charge >= 0.3 is 0 Å². The molecule has 0 aliphatic carbocycles. The topological polar surface area (TPSA) is 152 Å². The van der Waals surface area contributed by atoms with E-state index in [2.05, 4.69) is 5.32 Å². The molecular formula is C45H77N5O7. The number of nitrogens with two attached hydrogens (primary N) is 1. The fourth-order valence-corrected chi connectivity index (χ4v) is 8.75. The molecule has 1 aromatic rings. The van der Waals surface area contributed by atoms with Crippen molar-refractivity contribution < 1.29 is 33.4 Å². The molecule has 0 radical (unpaired) electrons. The molecule has 324 valence electrons. The lowest BCUT2D eigenvalue weighted by Gasteiger charge is -2.41. The summed E-state index contributed by atoms with van der Waals surface area (Å²) in [5.41, 5.74) is 6.92. The molecule has 2 rings (SSSR count). The zero-order valence-electron chi connectivity index (χ0n) is 37.7. The largest absolute Gasteiger partial charge is 0.379 e. The van der Waals surface area contributed by atoms with Crippen LogP contribution in [0.5, 0.6) is 0 Å². The minimum absolute atomic E-state index is 0.0162. The third-order valence-electron chi connectivity index (χ3n) is 11.9. The first-order valence-electron chi connectivity index (χ1n) is 21.0. The van der Waals surface area contributed by atoms with Crippen LogP contribution in [0, 0.1) is 29.6 Å². The van der Waals surface area contributed by atoms with Gasteiger partial charge in [-0.1, -0.05) is 71.4 Å². The van der Waals surface area contributed by atoms with Crippen LogP contribution >= 0.6 is 0 Å². The molecule has 0 unspecified atom stereocenters. The number of ketones is 2. The number of Topliss-reactive ketones (excluding diaryl/α,β-unsaturated/α-hetero) is 2. The monoisotopic (exact) mass is 800 g/mol. The van der Waals surface area contributed by atoms with Crippen molar-refractivity contribution in [3.8, 4) is 0 Å². The van der Waals surface area contributed by atoms with Crippen molar-refractivity contribution in [1.29, 1.82) is 0 Å². The molecule has 3 amide bonds. The molecule has 12 heteroatoms. The minimum Gasteiger partial charge on any atom is -0.379 e. The first-order chi connectivity index (χ1) is 26.6. The van der Waals surface area contributed by atoms with Gasteiger partial charge in [0.1, 0.15) is 5.78 Å². The van der Waals surface area contributed by atoms with Crippen molar-refractivity contribution in [3.63, 3.8) is 0 Å². The zero-order valence-corrected chi connectivity index (χ0v) is 37.7. The number of hydrogen-bond acceptors (Lipinski definition) is 9. The van der Waals surface area contributed by atoms with Gasteiger partial charge in [-0.3, -0.25) is 28.9 Å². The predicted molar refractivity (Wildman–Crippen MR) is 226 cm³/mol. The average Bonchev–Trinajstić information content (AvgIpc) is 3.62. The molecule has 0 aromatic heterocycles. The van der Waals surface area contributed by atoms with Crippen LogP contribution in [-0.4, -0.2) is 128 Å². The third kappa shape index (κ3) is 14.3. The van der Waals surface area contributed by atoms with E-state index < -0.39 is 47.6 Å². The Morgan fingerprint density at radius 2 is 1.53 bits per heavy atom. The Kier molecular flexibility index (Phi) is 20.0. The number of nitrogens with one attached hydrogen (secondary N) is 1. The van der Waals surface area contributed by atoms with Gasteiger partial charge < -0.3 is 30.3 Å². The van der Waals surface area contributed by atoms with Crippen molar-refractivity contribution in [2.45, 2.75) is 149 Å². The first kappa shape index (κ1) is 50.0. The maximum absolute atomic E-state index is 14.3. The summed E-state index contributed by atoms with van der Waals surface area (Å²) in [6.07, 6.45) is 1.43. The summed E-state index contributed by atoms with van der Waals surface area (Å²) in [5, 5.41) is 3.06. The van der Waals surface area contributed by atoms with E-state index in [9.17, 15) is 24.0 Å². The number of likely N-dealkylation sites (tertiary alicyclic amines) is 1. The molecule has 3 N–H and O–H groups in total. The molecule has 1 aliphatic rings. The average molecular weight is 800 g/mol. The minimum atomic E-state index is -0.736. The SMILES string of the molecule is CC[C@H](C)[C@@H]([C@@H](CC(=O)N1CCC[C@H]1[C@H](OC)[C@@H](C)C(=O)C[C@@H](Cc1ccccc1)C(=O)NC(C)(C)C)OC)N(C)C(=O)[C@@H](CC(=O)[C@H](C(C)C)N(C)C)[C@H](C)N. The van der Waals surface area contributed by atoms with Gasteiger partial charge in [0.2, 0.25) is 17.7 Å². The van der Waals surface area contributed by atoms with Gasteiger partial charge in [0.25, 0.3) is 0 Å². The molecule has 57 heavy (non-hydrogen) atoms. The van der Waals surface area contributed by atoms with Crippen LogP contribution in [0.15, 0.2) is 30.3 Å². The summed E-state index contributed by atoms with van der Waals surface area (Å²) in [5.74, 6) is -2.53. The highest BCUT2D eigenvalue weighted by molar-refractivity contribution is 5.91. The van der Waals surface area contributed by atoms with Crippen molar-refractivity contribution in [2.75, 3.05) is 41.9 Å². The van der Waals surface area contributed by atoms with Gasteiger partial charge in [0.05, 0.1) is 42.7 Å². The van der Waals surface area contributed by atoms with E-state index in [0.717, 1.165) is 18.4 Å². The summed E-state index contributed by atoms with van der Waals surface area (Å²) in [7, 11) is 8.59. The lowest BCUT2D eigenvalue weighted by molar-refractivity contribution is -0.148. The number of nitrogens with zero attached hydrogens (tertiary/aromatic N) is 3. The highest BCUT2D eigenvalue weighted by Crippen LogP contribution is 2.31. The van der Waals surface area contributed by atoms with Crippen LogP contribution in [-0.2, 0) is 39.9 Å². The molecular weight excluding hydrogens is 723 g/mol. The number of rotatable bonds is 23. The first-order valence-corrected chi connectivity index (χ1v) is 21.0. The normalized spacial score (nSPS) is 19.6. The Balaban J connectivity index is 2.32. The highest BCUT2D eigenvalue weighted by Gasteiger charge is 2.43. The van der Waals surface area contributed by atoms with E-state index in [1.807, 2.05) is 110 Å². The molecule has 0 saturated carbocycles. The molecule has 1 aromatic carbocycles. The summed E-state index contributed by atoms with van der Waals surface area (Å²) in [6.45, 7) is 17.9. The van der Waals surface area contributed by atoms with Crippen molar-refractivity contribution >= 4 is 29.3 Å². The molecule has 12 nitrogen and oxygen atoms in total. The van der Waals surface area contributed by atoms with Crippen LogP contribution in [0.3, 0.4) is 0 Å². The van der Waals surface area contributed by atoms with Crippen molar-refractivity contribution in [1.82, 2.24) is 20.0 Å². The van der Waals surface area contributed by atoms with Crippen LogP contribution < -0.4 is 11.1 Å². The van der Waals surface area contributed by atoms with E-state index in [4.69, 9.17) is 15.2 Å². The van der Waals surface area contributed by atoms with Crippen LogP contribution in [0.2, 0.25) is 0 Å². The number of methoxy groups -OCH3 is 2.